The fourth-order valence-electron chi connectivity index (χ4n) is 5.05. The lowest BCUT2D eigenvalue weighted by Gasteiger charge is -2.48. The first-order valence-corrected chi connectivity index (χ1v) is 9.57. The number of ether oxygens (including phenoxy) is 1. The molecule has 12 nitrogen and oxygen atoms in total. The van der Waals surface area contributed by atoms with E-state index >= 15 is 0 Å². The van der Waals surface area contributed by atoms with Gasteiger partial charge in [-0.15, -0.1) is 0 Å². The summed E-state index contributed by atoms with van der Waals surface area (Å²) in [5.74, 6) is -10.8. The largest absolute Gasteiger partial charge is 0.509 e. The number of hydrogen-bond acceptors (Lipinski definition) is 10. The van der Waals surface area contributed by atoms with E-state index in [0.717, 1.165) is 7.11 Å². The molecule has 33 heavy (non-hydrogen) atoms. The van der Waals surface area contributed by atoms with Crippen LogP contribution in [-0.4, -0.2) is 61.6 Å². The number of aromatic hydroxyl groups is 1. The zero-order valence-corrected chi connectivity index (χ0v) is 16.9. The number of halogens is 1. The Morgan fingerprint density at radius 1 is 1.33 bits per heavy atom. The van der Waals surface area contributed by atoms with Crippen molar-refractivity contribution in [1.29, 1.82) is 0 Å². The maximum absolute atomic E-state index is 14.6. The highest BCUT2D eigenvalue weighted by Gasteiger charge is 2.63. The van der Waals surface area contributed by atoms with Crippen molar-refractivity contribution in [2.75, 3.05) is 7.11 Å². The number of nitro groups is 1. The molecule has 4 atom stereocenters. The third-order valence-corrected chi connectivity index (χ3v) is 6.52. The molecule has 4 rings (SSSR count). The summed E-state index contributed by atoms with van der Waals surface area (Å²) in [7, 11) is 1.10. The van der Waals surface area contributed by atoms with Crippen molar-refractivity contribution >= 4 is 23.2 Å². The number of methoxy groups -OCH3 is 1. The minimum Gasteiger partial charge on any atom is -0.509 e. The van der Waals surface area contributed by atoms with Crippen LogP contribution in [0.3, 0.4) is 0 Å². The monoisotopic (exact) mass is 464 g/mol. The zero-order chi connectivity index (χ0) is 24.6. The molecule has 1 aromatic rings. The van der Waals surface area contributed by atoms with Crippen LogP contribution in [0.2, 0.25) is 0 Å². The number of nitrogens with two attached hydrogens (primary N) is 1. The minimum atomic E-state index is -2.91. The summed E-state index contributed by atoms with van der Waals surface area (Å²) in [5, 5.41) is 54.0. The Labute approximate surface area is 183 Å². The lowest BCUT2D eigenvalue weighted by molar-refractivity contribution is -0.386. The molecule has 3 aliphatic carbocycles. The zero-order valence-electron chi connectivity index (χ0n) is 16.9. The van der Waals surface area contributed by atoms with Gasteiger partial charge in [0.1, 0.15) is 29.0 Å². The molecule has 0 heterocycles. The van der Waals surface area contributed by atoms with Gasteiger partial charge in [0.2, 0.25) is 11.5 Å². The number of amides is 1. The number of carbonyl (C=O) groups is 3. The molecule has 0 fully saturated rings. The predicted octanol–water partition coefficient (Wildman–Crippen LogP) is 0.253. The Bertz CT molecular complexity index is 1240. The number of aliphatic hydroxyl groups is 3. The predicted molar refractivity (Wildman–Crippen MR) is 104 cm³/mol. The first-order valence-electron chi connectivity index (χ1n) is 9.57. The third kappa shape index (κ3) is 2.72. The highest BCUT2D eigenvalue weighted by atomic mass is 19.1. The summed E-state index contributed by atoms with van der Waals surface area (Å²) in [4.78, 5) is 48.0. The standard InChI is InChI=1S/C20H17FN2O10/c1-33-16-7-3-5-2-6-8(21)4-9(23(31)32)13(24)11(6)14(25)10(5)17(27)20(7,30)18(28)12(15(16)26)19(22)29/h4-5,7,16,24,26-27,30H,2-3H2,1H3,(H2,22,29)/t5-,7-,16-,20-/m0/s1. The van der Waals surface area contributed by atoms with E-state index in [4.69, 9.17) is 10.5 Å². The molecule has 1 amide bonds. The molecular weight excluding hydrogens is 447 g/mol. The summed E-state index contributed by atoms with van der Waals surface area (Å²) in [6.07, 6.45) is -2.11. The molecule has 3 aliphatic rings. The number of hydrogen-bond donors (Lipinski definition) is 5. The molecule has 0 aliphatic heterocycles. The normalized spacial score (nSPS) is 28.9. The van der Waals surface area contributed by atoms with E-state index in [2.05, 4.69) is 0 Å². The van der Waals surface area contributed by atoms with E-state index in [9.17, 15) is 49.3 Å². The van der Waals surface area contributed by atoms with Gasteiger partial charge in [-0.25, -0.2) is 4.39 Å². The van der Waals surface area contributed by atoms with Gasteiger partial charge in [-0.1, -0.05) is 0 Å². The molecule has 6 N–H and O–H groups in total. The number of carbonyl (C=O) groups excluding carboxylic acids is 3. The van der Waals surface area contributed by atoms with E-state index in [-0.39, 0.29) is 18.4 Å². The van der Waals surface area contributed by atoms with Gasteiger partial charge < -0.3 is 30.9 Å². The van der Waals surface area contributed by atoms with Crippen LogP contribution in [0.25, 0.3) is 0 Å². The van der Waals surface area contributed by atoms with Crippen molar-refractivity contribution in [2.24, 2.45) is 17.6 Å². The Hall–Kier alpha value is -3.84. The molecule has 0 saturated heterocycles. The lowest BCUT2D eigenvalue weighted by atomic mass is 9.59. The van der Waals surface area contributed by atoms with Crippen LogP contribution in [0.1, 0.15) is 22.3 Å². The second-order valence-electron chi connectivity index (χ2n) is 8.05. The van der Waals surface area contributed by atoms with E-state index in [1.165, 1.54) is 0 Å². The van der Waals surface area contributed by atoms with Crippen molar-refractivity contribution in [3.63, 3.8) is 0 Å². The molecule has 0 saturated carbocycles. The van der Waals surface area contributed by atoms with Crippen LogP contribution in [0.15, 0.2) is 28.7 Å². The number of nitro benzene ring substituents is 1. The number of fused-ring (bicyclic) bond motifs is 3. The van der Waals surface area contributed by atoms with Crippen molar-refractivity contribution < 1.29 is 48.9 Å². The molecule has 174 valence electrons. The van der Waals surface area contributed by atoms with E-state index in [1.807, 2.05) is 0 Å². The fourth-order valence-corrected chi connectivity index (χ4v) is 5.05. The smallest absolute Gasteiger partial charge is 0.314 e. The first-order chi connectivity index (χ1) is 15.4. The molecule has 0 bridgehead atoms. The van der Waals surface area contributed by atoms with Crippen molar-refractivity contribution in [1.82, 2.24) is 0 Å². The molecule has 1 aromatic carbocycles. The number of Topliss-reactive ketones (excluding diaryl/α,β-unsaturated/α-hetero) is 2. The molecule has 13 heteroatoms. The number of ketones is 2. The van der Waals surface area contributed by atoms with Crippen LogP contribution in [0, 0.1) is 27.8 Å². The highest BCUT2D eigenvalue weighted by molar-refractivity contribution is 6.24. The second-order valence-corrected chi connectivity index (χ2v) is 8.05. The summed E-state index contributed by atoms with van der Waals surface area (Å²) in [5.41, 5.74) is -1.57. The van der Waals surface area contributed by atoms with Crippen LogP contribution < -0.4 is 5.73 Å². The topological polar surface area (TPSA) is 211 Å². The Balaban J connectivity index is 1.98. The van der Waals surface area contributed by atoms with Gasteiger partial charge in [-0.05, 0) is 18.8 Å². The first kappa shape index (κ1) is 22.4. The van der Waals surface area contributed by atoms with Gasteiger partial charge in [0.15, 0.2) is 11.4 Å². The second kappa shape index (κ2) is 7.08. The lowest BCUT2D eigenvalue weighted by Crippen LogP contribution is -2.61. The van der Waals surface area contributed by atoms with Gasteiger partial charge in [0.05, 0.1) is 16.6 Å². The number of aliphatic hydroxyl groups excluding tert-OH is 2. The van der Waals surface area contributed by atoms with Gasteiger partial charge in [-0.2, -0.15) is 0 Å². The van der Waals surface area contributed by atoms with Crippen LogP contribution in [0.4, 0.5) is 10.1 Å². The molecular formula is C20H17FN2O10. The van der Waals surface area contributed by atoms with Gasteiger partial charge in [-0.3, -0.25) is 24.5 Å². The number of phenolic OH excluding ortho intramolecular Hbond substituents is 1. The molecule has 0 unspecified atom stereocenters. The molecule has 0 radical (unpaired) electrons. The summed E-state index contributed by atoms with van der Waals surface area (Å²) < 4.78 is 19.8. The quantitative estimate of drug-likeness (QED) is 0.234. The van der Waals surface area contributed by atoms with Gasteiger partial charge in [0, 0.05) is 24.2 Å². The summed E-state index contributed by atoms with van der Waals surface area (Å²) in [6.45, 7) is 0. The van der Waals surface area contributed by atoms with Crippen LogP contribution in [-0.2, 0) is 20.7 Å². The SMILES string of the molecule is CO[C@@H]1C(O)=C(C(N)=O)C(=O)[C@@]2(O)C(O)=C3C(=O)c4c(O)c([N+](=O)[O-])cc(F)c4C[C@H]3C[C@@H]12. The van der Waals surface area contributed by atoms with E-state index in [0.29, 0.717) is 6.07 Å². The van der Waals surface area contributed by atoms with E-state index < -0.39 is 91.4 Å². The molecule has 0 spiro atoms. The van der Waals surface area contributed by atoms with Crippen molar-refractivity contribution in [3.8, 4) is 5.75 Å². The van der Waals surface area contributed by atoms with Crippen LogP contribution >= 0.6 is 0 Å². The Kier molecular flexibility index (Phi) is 4.80. The maximum atomic E-state index is 14.6. The Morgan fingerprint density at radius 2 is 1.97 bits per heavy atom. The van der Waals surface area contributed by atoms with Gasteiger partial charge in [0.25, 0.3) is 5.91 Å². The fraction of sp³-hybridized carbons (Fsp3) is 0.350. The Morgan fingerprint density at radius 3 is 2.52 bits per heavy atom. The highest BCUT2D eigenvalue weighted by Crippen LogP contribution is 2.52. The summed E-state index contributed by atoms with van der Waals surface area (Å²) in [6, 6.07) is 0.463. The number of primary amides is 1. The van der Waals surface area contributed by atoms with E-state index in [1.54, 1.807) is 0 Å². The number of rotatable bonds is 3. The number of phenols is 1. The van der Waals surface area contributed by atoms with Crippen molar-refractivity contribution in [3.05, 3.63) is 55.8 Å². The number of allylic oxidation sites excluding steroid dienone is 1. The minimum absolute atomic E-state index is 0.293. The summed E-state index contributed by atoms with van der Waals surface area (Å²) >= 11 is 0. The van der Waals surface area contributed by atoms with Crippen LogP contribution in [0.5, 0.6) is 5.75 Å². The van der Waals surface area contributed by atoms with Crippen molar-refractivity contribution in [2.45, 2.75) is 24.5 Å². The number of nitrogens with zero attached hydrogens (tertiary/aromatic N) is 1. The maximum Gasteiger partial charge on any atom is 0.314 e. The van der Waals surface area contributed by atoms with Gasteiger partial charge >= 0.3 is 5.69 Å². The third-order valence-electron chi connectivity index (χ3n) is 6.52. The average Bonchev–Trinajstić information content (AvgIpc) is 2.73. The number of benzene rings is 1. The molecule has 0 aromatic heterocycles. The average molecular weight is 464 g/mol.